The van der Waals surface area contributed by atoms with Crippen LogP contribution in [-0.4, -0.2) is 11.5 Å². The Labute approximate surface area is 124 Å². The van der Waals surface area contributed by atoms with Crippen molar-refractivity contribution in [1.82, 2.24) is 4.98 Å². The lowest BCUT2D eigenvalue weighted by Gasteiger charge is -2.10. The molecule has 0 spiro atoms. The third-order valence-corrected chi connectivity index (χ3v) is 3.16. The van der Waals surface area contributed by atoms with Crippen LogP contribution >= 0.6 is 11.6 Å². The number of nitrogens with one attached hydrogen (secondary N) is 1. The Morgan fingerprint density at radius 2 is 2.10 bits per heavy atom. The second-order valence-electron chi connectivity index (χ2n) is 4.66. The first kappa shape index (κ1) is 14.7. The van der Waals surface area contributed by atoms with Gasteiger partial charge >= 0.3 is 0 Å². The van der Waals surface area contributed by atoms with Crippen molar-refractivity contribution in [3.63, 3.8) is 0 Å². The summed E-state index contributed by atoms with van der Waals surface area (Å²) in [5.41, 5.74) is 3.03. The topological polar surface area (TPSA) is 34.2 Å². The number of aryl methyl sites for hydroxylation is 1. The standard InChI is InChI=1S/C16H19ClN2O/c1-3-7-18-14-6-8-19-15(10-14)11-20-16-9-13(17)5-4-12(16)2/h4-6,8-10H,3,7,11H2,1-2H3,(H,18,19). The number of hydrogen-bond donors (Lipinski definition) is 1. The van der Waals surface area contributed by atoms with Crippen molar-refractivity contribution in [2.24, 2.45) is 0 Å². The molecule has 3 nitrogen and oxygen atoms in total. The van der Waals surface area contributed by atoms with Gasteiger partial charge in [0.1, 0.15) is 12.4 Å². The fourth-order valence-electron chi connectivity index (χ4n) is 1.82. The summed E-state index contributed by atoms with van der Waals surface area (Å²) < 4.78 is 5.79. The first-order chi connectivity index (χ1) is 9.69. The molecule has 0 unspecified atom stereocenters. The predicted molar refractivity (Wildman–Crippen MR) is 83.5 cm³/mol. The number of hydrogen-bond acceptors (Lipinski definition) is 3. The van der Waals surface area contributed by atoms with Crippen LogP contribution in [0.25, 0.3) is 0 Å². The number of nitrogens with zero attached hydrogens (tertiary/aromatic N) is 1. The zero-order valence-corrected chi connectivity index (χ0v) is 12.6. The zero-order valence-electron chi connectivity index (χ0n) is 11.8. The minimum atomic E-state index is 0.433. The monoisotopic (exact) mass is 290 g/mol. The van der Waals surface area contributed by atoms with Crippen LogP contribution in [0.5, 0.6) is 5.75 Å². The van der Waals surface area contributed by atoms with Gasteiger partial charge in [-0.1, -0.05) is 24.6 Å². The maximum absolute atomic E-state index is 5.98. The molecule has 0 bridgehead atoms. The van der Waals surface area contributed by atoms with Crippen LogP contribution < -0.4 is 10.1 Å². The number of ether oxygens (including phenoxy) is 1. The second kappa shape index (κ2) is 7.15. The second-order valence-corrected chi connectivity index (χ2v) is 5.10. The van der Waals surface area contributed by atoms with Crippen LogP contribution in [0.2, 0.25) is 5.02 Å². The van der Waals surface area contributed by atoms with Crippen LogP contribution in [0.4, 0.5) is 5.69 Å². The Bertz CT molecular complexity index is 572. The van der Waals surface area contributed by atoms with Gasteiger partial charge in [-0.3, -0.25) is 4.98 Å². The third kappa shape index (κ3) is 4.14. The molecule has 0 atom stereocenters. The van der Waals surface area contributed by atoms with E-state index in [1.807, 2.05) is 37.3 Å². The Morgan fingerprint density at radius 1 is 1.25 bits per heavy atom. The van der Waals surface area contributed by atoms with Crippen molar-refractivity contribution in [2.45, 2.75) is 26.9 Å². The highest BCUT2D eigenvalue weighted by atomic mass is 35.5. The van der Waals surface area contributed by atoms with E-state index in [1.54, 1.807) is 6.20 Å². The summed E-state index contributed by atoms with van der Waals surface area (Å²) in [4.78, 5) is 4.32. The average molecular weight is 291 g/mol. The highest BCUT2D eigenvalue weighted by molar-refractivity contribution is 6.30. The zero-order chi connectivity index (χ0) is 14.4. The van der Waals surface area contributed by atoms with E-state index < -0.39 is 0 Å². The van der Waals surface area contributed by atoms with Crippen LogP contribution in [0, 0.1) is 6.92 Å². The van der Waals surface area contributed by atoms with Gasteiger partial charge in [-0.2, -0.15) is 0 Å². The summed E-state index contributed by atoms with van der Waals surface area (Å²) >= 11 is 5.98. The Kier molecular flexibility index (Phi) is 5.24. The van der Waals surface area contributed by atoms with Gasteiger partial charge in [0.05, 0.1) is 5.69 Å². The van der Waals surface area contributed by atoms with Crippen molar-refractivity contribution >= 4 is 17.3 Å². The van der Waals surface area contributed by atoms with Gasteiger partial charge in [-0.05, 0) is 43.2 Å². The number of benzene rings is 1. The van der Waals surface area contributed by atoms with Gasteiger partial charge in [0.2, 0.25) is 0 Å². The molecule has 1 heterocycles. The fraction of sp³-hybridized carbons (Fsp3) is 0.312. The van der Waals surface area contributed by atoms with Gasteiger partial charge in [-0.25, -0.2) is 0 Å². The smallest absolute Gasteiger partial charge is 0.130 e. The largest absolute Gasteiger partial charge is 0.487 e. The molecule has 0 fully saturated rings. The number of aromatic nitrogens is 1. The van der Waals surface area contributed by atoms with E-state index in [-0.39, 0.29) is 0 Å². The van der Waals surface area contributed by atoms with E-state index in [9.17, 15) is 0 Å². The lowest BCUT2D eigenvalue weighted by atomic mass is 10.2. The maximum Gasteiger partial charge on any atom is 0.130 e. The van der Waals surface area contributed by atoms with Gasteiger partial charge in [0.15, 0.2) is 0 Å². The number of rotatable bonds is 6. The molecular formula is C16H19ClN2O. The molecular weight excluding hydrogens is 272 g/mol. The number of anilines is 1. The van der Waals surface area contributed by atoms with Crippen molar-refractivity contribution < 1.29 is 4.74 Å². The summed E-state index contributed by atoms with van der Waals surface area (Å²) in [6, 6.07) is 9.61. The summed E-state index contributed by atoms with van der Waals surface area (Å²) in [7, 11) is 0. The van der Waals surface area contributed by atoms with E-state index in [0.29, 0.717) is 11.6 Å². The Hall–Kier alpha value is -1.74. The molecule has 0 saturated carbocycles. The summed E-state index contributed by atoms with van der Waals surface area (Å²) in [5.74, 6) is 0.797. The van der Waals surface area contributed by atoms with Crippen LogP contribution in [-0.2, 0) is 6.61 Å². The molecule has 2 rings (SSSR count). The molecule has 4 heteroatoms. The normalized spacial score (nSPS) is 10.3. The number of pyridine rings is 1. The Balaban J connectivity index is 2.01. The van der Waals surface area contributed by atoms with Crippen LogP contribution in [0.15, 0.2) is 36.5 Å². The summed E-state index contributed by atoms with van der Waals surface area (Å²) in [6.07, 6.45) is 2.89. The highest BCUT2D eigenvalue weighted by Gasteiger charge is 2.03. The molecule has 0 amide bonds. The molecule has 20 heavy (non-hydrogen) atoms. The van der Waals surface area contributed by atoms with E-state index in [2.05, 4.69) is 17.2 Å². The first-order valence-electron chi connectivity index (χ1n) is 6.77. The lowest BCUT2D eigenvalue weighted by Crippen LogP contribution is -2.03. The van der Waals surface area contributed by atoms with E-state index >= 15 is 0 Å². The van der Waals surface area contributed by atoms with E-state index in [4.69, 9.17) is 16.3 Å². The molecule has 0 aliphatic rings. The molecule has 0 radical (unpaired) electrons. The molecule has 1 aromatic heterocycles. The maximum atomic E-state index is 5.98. The molecule has 0 saturated heterocycles. The van der Waals surface area contributed by atoms with Gasteiger partial charge in [0, 0.05) is 23.5 Å². The SMILES string of the molecule is CCCNc1ccnc(COc2cc(Cl)ccc2C)c1. The minimum Gasteiger partial charge on any atom is -0.487 e. The predicted octanol–water partition coefficient (Wildman–Crippen LogP) is 4.44. The van der Waals surface area contributed by atoms with Crippen molar-refractivity contribution in [1.29, 1.82) is 0 Å². The van der Waals surface area contributed by atoms with Gasteiger partial charge < -0.3 is 10.1 Å². The molecule has 2 aromatic rings. The summed E-state index contributed by atoms with van der Waals surface area (Å²) in [6.45, 7) is 5.53. The molecule has 106 valence electrons. The Morgan fingerprint density at radius 3 is 2.90 bits per heavy atom. The first-order valence-corrected chi connectivity index (χ1v) is 7.14. The van der Waals surface area contributed by atoms with E-state index in [0.717, 1.165) is 35.7 Å². The van der Waals surface area contributed by atoms with Crippen LogP contribution in [0.3, 0.4) is 0 Å². The van der Waals surface area contributed by atoms with Crippen LogP contribution in [0.1, 0.15) is 24.6 Å². The minimum absolute atomic E-state index is 0.433. The molecule has 0 aliphatic carbocycles. The highest BCUT2D eigenvalue weighted by Crippen LogP contribution is 2.23. The van der Waals surface area contributed by atoms with Gasteiger partial charge in [-0.15, -0.1) is 0 Å². The van der Waals surface area contributed by atoms with Gasteiger partial charge in [0.25, 0.3) is 0 Å². The molecule has 1 aromatic carbocycles. The molecule has 0 aliphatic heterocycles. The van der Waals surface area contributed by atoms with Crippen molar-refractivity contribution in [2.75, 3.05) is 11.9 Å². The summed E-state index contributed by atoms with van der Waals surface area (Å²) in [5, 5.41) is 4.01. The quantitative estimate of drug-likeness (QED) is 0.854. The van der Waals surface area contributed by atoms with Crippen molar-refractivity contribution in [3.05, 3.63) is 52.8 Å². The average Bonchev–Trinajstić information content (AvgIpc) is 2.46. The number of halogens is 1. The third-order valence-electron chi connectivity index (χ3n) is 2.92. The lowest BCUT2D eigenvalue weighted by molar-refractivity contribution is 0.299. The fourth-order valence-corrected chi connectivity index (χ4v) is 1.98. The molecule has 1 N–H and O–H groups in total. The van der Waals surface area contributed by atoms with Crippen molar-refractivity contribution in [3.8, 4) is 5.75 Å². The van der Waals surface area contributed by atoms with E-state index in [1.165, 1.54) is 0 Å².